The summed E-state index contributed by atoms with van der Waals surface area (Å²) in [5.74, 6) is 0.672. The zero-order valence-electron chi connectivity index (χ0n) is 9.74. The first-order valence-corrected chi connectivity index (χ1v) is 6.42. The van der Waals surface area contributed by atoms with Gasteiger partial charge < -0.3 is 15.7 Å². The van der Waals surface area contributed by atoms with Crippen LogP contribution in [0.1, 0.15) is 38.5 Å². The van der Waals surface area contributed by atoms with Crippen molar-refractivity contribution in [3.05, 3.63) is 0 Å². The Kier molecular flexibility index (Phi) is 4.18. The molecule has 4 heteroatoms. The molecule has 2 aliphatic carbocycles. The van der Waals surface area contributed by atoms with Crippen LogP contribution < -0.4 is 10.6 Å². The van der Waals surface area contributed by atoms with Crippen molar-refractivity contribution in [3.63, 3.8) is 0 Å². The average molecular weight is 226 g/mol. The molecule has 0 atom stereocenters. The lowest BCUT2D eigenvalue weighted by Gasteiger charge is -2.25. The van der Waals surface area contributed by atoms with Crippen molar-refractivity contribution < 1.29 is 9.90 Å². The van der Waals surface area contributed by atoms with E-state index in [2.05, 4.69) is 10.6 Å². The lowest BCUT2D eigenvalue weighted by molar-refractivity contribution is -0.120. The fraction of sp³-hybridized carbons (Fsp3) is 0.917. The Morgan fingerprint density at radius 2 is 1.81 bits per heavy atom. The van der Waals surface area contributed by atoms with Gasteiger partial charge in [-0.3, -0.25) is 4.79 Å². The minimum atomic E-state index is -0.108. The van der Waals surface area contributed by atoms with Gasteiger partial charge in [0.15, 0.2) is 0 Å². The van der Waals surface area contributed by atoms with Crippen molar-refractivity contribution in [2.75, 3.05) is 13.1 Å². The highest BCUT2D eigenvalue weighted by Crippen LogP contribution is 2.23. The van der Waals surface area contributed by atoms with Crippen molar-refractivity contribution in [3.8, 4) is 0 Å². The van der Waals surface area contributed by atoms with Crippen molar-refractivity contribution in [1.82, 2.24) is 10.6 Å². The van der Waals surface area contributed by atoms with Gasteiger partial charge in [-0.05, 0) is 44.4 Å². The van der Waals surface area contributed by atoms with Crippen molar-refractivity contribution in [1.29, 1.82) is 0 Å². The summed E-state index contributed by atoms with van der Waals surface area (Å²) >= 11 is 0. The van der Waals surface area contributed by atoms with E-state index in [9.17, 15) is 9.90 Å². The van der Waals surface area contributed by atoms with Gasteiger partial charge in [0.2, 0.25) is 5.91 Å². The van der Waals surface area contributed by atoms with Crippen LogP contribution in [0.4, 0.5) is 0 Å². The maximum absolute atomic E-state index is 11.5. The number of carbonyl (C=O) groups excluding carboxylic acids is 1. The van der Waals surface area contributed by atoms with E-state index in [1.54, 1.807) is 0 Å². The third kappa shape index (κ3) is 4.10. The predicted molar refractivity (Wildman–Crippen MR) is 62.0 cm³/mol. The van der Waals surface area contributed by atoms with E-state index < -0.39 is 0 Å². The van der Waals surface area contributed by atoms with E-state index in [1.807, 2.05) is 0 Å². The summed E-state index contributed by atoms with van der Waals surface area (Å²) in [7, 11) is 0. The monoisotopic (exact) mass is 226 g/mol. The molecule has 0 aromatic heterocycles. The molecule has 1 amide bonds. The molecule has 0 aromatic rings. The van der Waals surface area contributed by atoms with Gasteiger partial charge in [-0.25, -0.2) is 0 Å². The van der Waals surface area contributed by atoms with E-state index in [4.69, 9.17) is 0 Å². The molecular weight excluding hydrogens is 204 g/mol. The van der Waals surface area contributed by atoms with E-state index in [1.165, 1.54) is 12.8 Å². The third-order valence-electron chi connectivity index (χ3n) is 3.53. The average Bonchev–Trinajstić information content (AvgIpc) is 3.09. The van der Waals surface area contributed by atoms with Crippen LogP contribution in [0.3, 0.4) is 0 Å². The molecule has 0 heterocycles. The maximum atomic E-state index is 11.5. The number of hydrogen-bond acceptors (Lipinski definition) is 3. The number of amides is 1. The second-order valence-corrected chi connectivity index (χ2v) is 5.13. The third-order valence-corrected chi connectivity index (χ3v) is 3.53. The van der Waals surface area contributed by atoms with Crippen LogP contribution in [-0.4, -0.2) is 36.2 Å². The molecule has 2 rings (SSSR count). The lowest BCUT2D eigenvalue weighted by atomic mass is 9.87. The predicted octanol–water partition coefficient (Wildman–Crippen LogP) is 0.406. The number of hydrogen-bond donors (Lipinski definition) is 3. The van der Waals surface area contributed by atoms with Crippen molar-refractivity contribution >= 4 is 5.91 Å². The van der Waals surface area contributed by atoms with Crippen LogP contribution in [0.25, 0.3) is 0 Å². The van der Waals surface area contributed by atoms with Gasteiger partial charge in [0.25, 0.3) is 0 Å². The molecule has 3 N–H and O–H groups in total. The maximum Gasteiger partial charge on any atom is 0.233 e. The van der Waals surface area contributed by atoms with Gasteiger partial charge in [-0.2, -0.15) is 0 Å². The van der Waals surface area contributed by atoms with E-state index in [-0.39, 0.29) is 12.0 Å². The Balaban J connectivity index is 1.53. The Hall–Kier alpha value is -0.610. The van der Waals surface area contributed by atoms with Crippen LogP contribution in [0.2, 0.25) is 0 Å². The molecule has 0 bridgehead atoms. The number of carbonyl (C=O) groups is 1. The molecule has 0 aliphatic heterocycles. The number of aliphatic hydroxyl groups excluding tert-OH is 1. The minimum Gasteiger partial charge on any atom is -0.393 e. The Bertz CT molecular complexity index is 233. The summed E-state index contributed by atoms with van der Waals surface area (Å²) in [5, 5.41) is 15.5. The number of aliphatic hydroxyl groups is 1. The molecule has 0 aromatic carbocycles. The van der Waals surface area contributed by atoms with Gasteiger partial charge >= 0.3 is 0 Å². The first kappa shape index (κ1) is 11.9. The molecule has 0 spiro atoms. The molecule has 2 saturated carbocycles. The molecule has 2 fully saturated rings. The quantitative estimate of drug-likeness (QED) is 0.636. The van der Waals surface area contributed by atoms with Gasteiger partial charge in [0, 0.05) is 12.6 Å². The highest BCUT2D eigenvalue weighted by molar-refractivity contribution is 5.78. The summed E-state index contributed by atoms with van der Waals surface area (Å²) in [6.45, 7) is 1.23. The largest absolute Gasteiger partial charge is 0.393 e. The zero-order valence-corrected chi connectivity index (χ0v) is 9.74. The van der Waals surface area contributed by atoms with E-state index in [0.717, 1.165) is 32.2 Å². The first-order chi connectivity index (χ1) is 7.74. The summed E-state index contributed by atoms with van der Waals surface area (Å²) in [6, 6.07) is 0.593. The Morgan fingerprint density at radius 3 is 2.44 bits per heavy atom. The Labute approximate surface area is 96.8 Å². The molecule has 0 radical (unpaired) electrons. The smallest absolute Gasteiger partial charge is 0.233 e. The van der Waals surface area contributed by atoms with E-state index in [0.29, 0.717) is 18.5 Å². The van der Waals surface area contributed by atoms with Crippen molar-refractivity contribution in [2.24, 2.45) is 5.92 Å². The summed E-state index contributed by atoms with van der Waals surface area (Å²) < 4.78 is 0. The van der Waals surface area contributed by atoms with Crippen LogP contribution in [0, 0.1) is 5.92 Å². The molecule has 16 heavy (non-hydrogen) atoms. The molecule has 4 nitrogen and oxygen atoms in total. The highest BCUT2D eigenvalue weighted by Gasteiger charge is 2.22. The van der Waals surface area contributed by atoms with Crippen LogP contribution in [0.15, 0.2) is 0 Å². The Morgan fingerprint density at radius 1 is 1.12 bits per heavy atom. The van der Waals surface area contributed by atoms with Gasteiger partial charge in [0.05, 0.1) is 12.6 Å². The number of rotatable bonds is 5. The lowest BCUT2D eigenvalue weighted by Crippen LogP contribution is -2.38. The van der Waals surface area contributed by atoms with E-state index >= 15 is 0 Å². The molecule has 0 saturated heterocycles. The van der Waals surface area contributed by atoms with Crippen LogP contribution in [0.5, 0.6) is 0 Å². The second kappa shape index (κ2) is 5.64. The fourth-order valence-electron chi connectivity index (χ4n) is 2.19. The topological polar surface area (TPSA) is 61.4 Å². The van der Waals surface area contributed by atoms with Gasteiger partial charge in [0.1, 0.15) is 0 Å². The minimum absolute atomic E-state index is 0.108. The van der Waals surface area contributed by atoms with Gasteiger partial charge in [-0.15, -0.1) is 0 Å². The van der Waals surface area contributed by atoms with Crippen molar-refractivity contribution in [2.45, 2.75) is 50.7 Å². The van der Waals surface area contributed by atoms with Crippen LogP contribution in [-0.2, 0) is 4.79 Å². The zero-order chi connectivity index (χ0) is 11.4. The fourth-order valence-corrected chi connectivity index (χ4v) is 2.19. The molecule has 2 aliphatic rings. The first-order valence-electron chi connectivity index (χ1n) is 6.42. The normalized spacial score (nSPS) is 30.1. The molecule has 92 valence electrons. The molecule has 0 unspecified atom stereocenters. The summed E-state index contributed by atoms with van der Waals surface area (Å²) in [4.78, 5) is 11.5. The molecular formula is C12H22N2O2. The highest BCUT2D eigenvalue weighted by atomic mass is 16.3. The summed E-state index contributed by atoms with van der Waals surface area (Å²) in [6.07, 6.45) is 6.18. The number of nitrogens with one attached hydrogen (secondary N) is 2. The van der Waals surface area contributed by atoms with Gasteiger partial charge in [-0.1, -0.05) is 0 Å². The summed E-state index contributed by atoms with van der Waals surface area (Å²) in [5.41, 5.74) is 0. The SMILES string of the molecule is O=C(CNC1CC1)NCC1CCC(O)CC1. The second-order valence-electron chi connectivity index (χ2n) is 5.13. The van der Waals surface area contributed by atoms with Crippen LogP contribution >= 0.6 is 0 Å². The standard InChI is InChI=1S/C12H22N2O2/c15-11-5-1-9(2-6-11)7-14-12(16)8-13-10-3-4-10/h9-11,13,15H,1-8H2,(H,14,16).